The average molecular weight is 240 g/mol. The van der Waals surface area contributed by atoms with E-state index in [1.165, 1.54) is 28.3 Å². The fourth-order valence-electron chi connectivity index (χ4n) is 2.49. The average Bonchev–Trinajstić information content (AvgIpc) is 2.39. The summed E-state index contributed by atoms with van der Waals surface area (Å²) in [4.78, 5) is 10.8. The summed E-state index contributed by atoms with van der Waals surface area (Å²) in [6.07, 6.45) is 5.51. The Labute approximate surface area is 109 Å². The molecule has 0 unspecified atom stereocenters. The molecule has 1 heteroatoms. The topological polar surface area (TPSA) is 17.1 Å². The van der Waals surface area contributed by atoms with E-state index in [9.17, 15) is 4.79 Å². The van der Waals surface area contributed by atoms with Gasteiger partial charge in [-0.25, -0.2) is 0 Å². The van der Waals surface area contributed by atoms with Gasteiger partial charge >= 0.3 is 0 Å². The number of rotatable bonds is 5. The molecular weight excluding hydrogens is 220 g/mol. The summed E-state index contributed by atoms with van der Waals surface area (Å²) in [6.45, 7) is 4.43. The minimum absolute atomic E-state index is 0.758. The van der Waals surface area contributed by atoms with Gasteiger partial charge in [-0.3, -0.25) is 4.79 Å². The number of aldehydes is 1. The Bertz CT molecular complexity index is 555. The van der Waals surface area contributed by atoms with Crippen molar-refractivity contribution in [1.29, 1.82) is 0 Å². The van der Waals surface area contributed by atoms with Crippen molar-refractivity contribution in [3.8, 4) is 0 Å². The highest BCUT2D eigenvalue weighted by Gasteiger charge is 2.05. The predicted molar refractivity (Wildman–Crippen MR) is 77.3 cm³/mol. The fraction of sp³-hybridized carbons (Fsp3) is 0.353. The van der Waals surface area contributed by atoms with Crippen LogP contribution in [0.2, 0.25) is 0 Å². The Morgan fingerprint density at radius 1 is 0.889 bits per heavy atom. The van der Waals surface area contributed by atoms with Crippen molar-refractivity contribution in [2.24, 2.45) is 0 Å². The molecule has 1 nitrogen and oxygen atoms in total. The molecule has 18 heavy (non-hydrogen) atoms. The third-order valence-electron chi connectivity index (χ3n) is 3.36. The highest BCUT2D eigenvalue weighted by molar-refractivity contribution is 5.89. The lowest BCUT2D eigenvalue weighted by Crippen LogP contribution is -1.95. The zero-order valence-corrected chi connectivity index (χ0v) is 11.2. The highest BCUT2D eigenvalue weighted by atomic mass is 16.1. The van der Waals surface area contributed by atoms with E-state index in [1.54, 1.807) is 0 Å². The summed E-state index contributed by atoms with van der Waals surface area (Å²) in [5.74, 6) is 0. The Kier molecular flexibility index (Phi) is 4.14. The standard InChI is InChI=1S/C17H20O/c1-3-5-14-10-16-8-7-13(12-18)9-17(16)11-15(14)6-4-2/h7-12H,3-6H2,1-2H3. The normalized spacial score (nSPS) is 10.8. The van der Waals surface area contributed by atoms with Gasteiger partial charge in [0.2, 0.25) is 0 Å². The molecule has 0 amide bonds. The third kappa shape index (κ3) is 2.61. The Morgan fingerprint density at radius 2 is 1.50 bits per heavy atom. The van der Waals surface area contributed by atoms with Crippen LogP contribution in [0, 0.1) is 0 Å². The van der Waals surface area contributed by atoms with Gasteiger partial charge in [-0.1, -0.05) is 51.0 Å². The van der Waals surface area contributed by atoms with Crippen molar-refractivity contribution in [3.63, 3.8) is 0 Å². The van der Waals surface area contributed by atoms with Crippen molar-refractivity contribution in [1.82, 2.24) is 0 Å². The SMILES string of the molecule is CCCc1cc2ccc(C=O)cc2cc1CCC. The number of carbonyl (C=O) groups is 1. The lowest BCUT2D eigenvalue weighted by atomic mass is 9.94. The quantitative estimate of drug-likeness (QED) is 0.700. The second-order valence-electron chi connectivity index (χ2n) is 4.85. The summed E-state index contributed by atoms with van der Waals surface area (Å²) < 4.78 is 0. The Balaban J connectivity index is 2.55. The molecule has 0 radical (unpaired) electrons. The molecule has 2 rings (SSSR count). The van der Waals surface area contributed by atoms with Gasteiger partial charge in [-0.15, -0.1) is 0 Å². The number of benzene rings is 2. The molecular formula is C17H20O. The van der Waals surface area contributed by atoms with Crippen LogP contribution in [0.3, 0.4) is 0 Å². The first-order valence-corrected chi connectivity index (χ1v) is 6.79. The number of aryl methyl sites for hydroxylation is 2. The van der Waals surface area contributed by atoms with Gasteiger partial charge in [-0.2, -0.15) is 0 Å². The molecule has 0 aliphatic rings. The molecule has 0 aromatic heterocycles. The van der Waals surface area contributed by atoms with E-state index in [-0.39, 0.29) is 0 Å². The molecule has 0 saturated heterocycles. The van der Waals surface area contributed by atoms with Gasteiger partial charge in [0.1, 0.15) is 6.29 Å². The molecule has 0 atom stereocenters. The Hall–Kier alpha value is -1.63. The van der Waals surface area contributed by atoms with Crippen LogP contribution in [-0.4, -0.2) is 6.29 Å². The summed E-state index contributed by atoms with van der Waals surface area (Å²) in [7, 11) is 0. The molecule has 2 aromatic rings. The van der Waals surface area contributed by atoms with Crippen LogP contribution in [0.25, 0.3) is 10.8 Å². The van der Waals surface area contributed by atoms with E-state index >= 15 is 0 Å². The molecule has 0 aliphatic carbocycles. The van der Waals surface area contributed by atoms with E-state index < -0.39 is 0 Å². The molecule has 0 N–H and O–H groups in total. The van der Waals surface area contributed by atoms with Gasteiger partial charge in [-0.05, 0) is 40.8 Å². The van der Waals surface area contributed by atoms with Crippen LogP contribution in [0.1, 0.15) is 48.2 Å². The maximum Gasteiger partial charge on any atom is 0.150 e. The van der Waals surface area contributed by atoms with Crippen LogP contribution >= 0.6 is 0 Å². The lowest BCUT2D eigenvalue weighted by Gasteiger charge is -2.10. The lowest BCUT2D eigenvalue weighted by molar-refractivity contribution is 0.112. The van der Waals surface area contributed by atoms with Crippen molar-refractivity contribution in [3.05, 3.63) is 47.0 Å². The maximum atomic E-state index is 10.8. The zero-order valence-electron chi connectivity index (χ0n) is 11.2. The predicted octanol–water partition coefficient (Wildman–Crippen LogP) is 4.56. The Morgan fingerprint density at radius 3 is 2.06 bits per heavy atom. The van der Waals surface area contributed by atoms with Crippen LogP contribution < -0.4 is 0 Å². The summed E-state index contributed by atoms with van der Waals surface area (Å²) >= 11 is 0. The molecule has 0 aliphatic heterocycles. The van der Waals surface area contributed by atoms with Gasteiger partial charge in [0.15, 0.2) is 0 Å². The van der Waals surface area contributed by atoms with Crippen LogP contribution in [0.15, 0.2) is 30.3 Å². The number of fused-ring (bicyclic) bond motifs is 1. The van der Waals surface area contributed by atoms with Crippen molar-refractivity contribution in [2.45, 2.75) is 39.5 Å². The van der Waals surface area contributed by atoms with Gasteiger partial charge in [0.25, 0.3) is 0 Å². The van der Waals surface area contributed by atoms with Gasteiger partial charge in [0.05, 0.1) is 0 Å². The second kappa shape index (κ2) is 5.81. The molecule has 2 aromatic carbocycles. The largest absolute Gasteiger partial charge is 0.298 e. The molecule has 0 saturated carbocycles. The molecule has 0 fully saturated rings. The highest BCUT2D eigenvalue weighted by Crippen LogP contribution is 2.23. The second-order valence-corrected chi connectivity index (χ2v) is 4.85. The van der Waals surface area contributed by atoms with E-state index in [0.29, 0.717) is 0 Å². The van der Waals surface area contributed by atoms with E-state index in [2.05, 4.69) is 26.0 Å². The minimum Gasteiger partial charge on any atom is -0.298 e. The third-order valence-corrected chi connectivity index (χ3v) is 3.36. The molecule has 94 valence electrons. The van der Waals surface area contributed by atoms with E-state index in [1.807, 2.05) is 18.2 Å². The monoisotopic (exact) mass is 240 g/mol. The molecule has 0 bridgehead atoms. The summed E-state index contributed by atoms with van der Waals surface area (Å²) in [5, 5.41) is 2.42. The summed E-state index contributed by atoms with van der Waals surface area (Å²) in [6, 6.07) is 10.5. The van der Waals surface area contributed by atoms with Gasteiger partial charge in [0, 0.05) is 5.56 Å². The van der Waals surface area contributed by atoms with Crippen molar-refractivity contribution in [2.75, 3.05) is 0 Å². The number of carbonyl (C=O) groups excluding carboxylic acids is 1. The minimum atomic E-state index is 0.758. The first kappa shape index (κ1) is 12.8. The molecule has 0 heterocycles. The smallest absolute Gasteiger partial charge is 0.150 e. The van der Waals surface area contributed by atoms with E-state index in [0.717, 1.165) is 31.1 Å². The van der Waals surface area contributed by atoms with Crippen LogP contribution in [0.4, 0.5) is 0 Å². The fourth-order valence-corrected chi connectivity index (χ4v) is 2.49. The number of hydrogen-bond donors (Lipinski definition) is 0. The first-order valence-electron chi connectivity index (χ1n) is 6.79. The van der Waals surface area contributed by atoms with Crippen molar-refractivity contribution < 1.29 is 4.79 Å². The summed E-state index contributed by atoms with van der Waals surface area (Å²) in [5.41, 5.74) is 3.66. The van der Waals surface area contributed by atoms with E-state index in [4.69, 9.17) is 0 Å². The molecule has 0 spiro atoms. The zero-order chi connectivity index (χ0) is 13.0. The van der Waals surface area contributed by atoms with Crippen LogP contribution in [0.5, 0.6) is 0 Å². The first-order chi connectivity index (χ1) is 8.78. The van der Waals surface area contributed by atoms with Crippen molar-refractivity contribution >= 4 is 17.1 Å². The van der Waals surface area contributed by atoms with Gasteiger partial charge < -0.3 is 0 Å². The number of hydrogen-bond acceptors (Lipinski definition) is 1. The van der Waals surface area contributed by atoms with Crippen LogP contribution in [-0.2, 0) is 12.8 Å². The maximum absolute atomic E-state index is 10.8.